The Labute approximate surface area is 179 Å². The van der Waals surface area contributed by atoms with Crippen LogP contribution in [-0.2, 0) is 6.18 Å². The van der Waals surface area contributed by atoms with Crippen molar-refractivity contribution in [3.05, 3.63) is 34.5 Å². The van der Waals surface area contributed by atoms with Crippen molar-refractivity contribution in [2.75, 3.05) is 31.2 Å². The predicted molar refractivity (Wildman–Crippen MR) is 115 cm³/mol. The average molecular weight is 440 g/mol. The number of benzene rings is 1. The van der Waals surface area contributed by atoms with Crippen molar-refractivity contribution in [2.45, 2.75) is 32.9 Å². The van der Waals surface area contributed by atoms with E-state index in [1.165, 1.54) is 6.07 Å². The first-order valence-electron chi connectivity index (χ1n) is 10.3. The fourth-order valence-corrected chi connectivity index (χ4v) is 4.42. The van der Waals surface area contributed by atoms with E-state index in [1.807, 2.05) is 0 Å². The lowest BCUT2D eigenvalue weighted by Gasteiger charge is -2.38. The second-order valence-electron chi connectivity index (χ2n) is 7.94. The molecule has 5 nitrogen and oxygen atoms in total. The van der Waals surface area contributed by atoms with Crippen LogP contribution in [0.15, 0.2) is 34.0 Å². The summed E-state index contributed by atoms with van der Waals surface area (Å²) in [7, 11) is 0. The van der Waals surface area contributed by atoms with Crippen LogP contribution in [0.4, 0.5) is 24.5 Å². The average Bonchev–Trinajstić information content (AvgIpc) is 2.70. The molecule has 0 bridgehead atoms. The Hall–Kier alpha value is -2.06. The number of fused-ring (bicyclic) bond motifs is 3. The molecular weight excluding hydrogens is 415 g/mol. The second kappa shape index (κ2) is 8.23. The number of aliphatic imine (C=N–C) groups is 1. The van der Waals surface area contributed by atoms with Crippen molar-refractivity contribution in [1.29, 1.82) is 0 Å². The Kier molecular flexibility index (Phi) is 5.81. The first kappa shape index (κ1) is 21.2. The third kappa shape index (κ3) is 3.95. The van der Waals surface area contributed by atoms with Crippen molar-refractivity contribution in [1.82, 2.24) is 10.2 Å². The Morgan fingerprint density at radius 3 is 2.63 bits per heavy atom. The largest absolute Gasteiger partial charge is 0.417 e. The lowest BCUT2D eigenvalue weighted by Crippen LogP contribution is -2.49. The summed E-state index contributed by atoms with van der Waals surface area (Å²) in [5.74, 6) is 1.40. The third-order valence-corrected chi connectivity index (χ3v) is 6.26. The number of rotatable bonds is 1. The molecule has 0 spiro atoms. The van der Waals surface area contributed by atoms with Crippen LogP contribution >= 0.6 is 11.6 Å². The molecule has 0 radical (unpaired) electrons. The van der Waals surface area contributed by atoms with Crippen LogP contribution < -0.4 is 10.3 Å². The van der Waals surface area contributed by atoms with Gasteiger partial charge in [0.15, 0.2) is 5.84 Å². The summed E-state index contributed by atoms with van der Waals surface area (Å²) in [5.41, 5.74) is 0.574. The van der Waals surface area contributed by atoms with Gasteiger partial charge in [-0.15, -0.1) is 0 Å². The summed E-state index contributed by atoms with van der Waals surface area (Å²) in [6.07, 6.45) is 1.07. The van der Waals surface area contributed by atoms with Gasteiger partial charge in [-0.1, -0.05) is 31.5 Å². The molecule has 9 heteroatoms. The van der Waals surface area contributed by atoms with Gasteiger partial charge >= 0.3 is 6.18 Å². The number of nitrogens with zero attached hydrogens (tertiary/aromatic N) is 4. The molecule has 162 valence electrons. The van der Waals surface area contributed by atoms with E-state index in [0.29, 0.717) is 17.3 Å². The van der Waals surface area contributed by atoms with E-state index in [0.717, 1.165) is 56.6 Å². The van der Waals surface area contributed by atoms with Gasteiger partial charge in [0.1, 0.15) is 5.70 Å². The highest BCUT2D eigenvalue weighted by molar-refractivity contribution is 6.32. The highest BCUT2D eigenvalue weighted by Gasteiger charge is 2.38. The molecule has 3 aliphatic heterocycles. The number of hydrogen-bond acceptors (Lipinski definition) is 5. The zero-order chi connectivity index (χ0) is 21.5. The van der Waals surface area contributed by atoms with Crippen LogP contribution in [0.5, 0.6) is 0 Å². The first-order chi connectivity index (χ1) is 14.3. The lowest BCUT2D eigenvalue weighted by atomic mass is 9.87. The van der Waals surface area contributed by atoms with Gasteiger partial charge < -0.3 is 10.2 Å². The smallest absolute Gasteiger partial charge is 0.352 e. The number of piperazine rings is 1. The van der Waals surface area contributed by atoms with Crippen LogP contribution in [0, 0.1) is 11.8 Å². The maximum atomic E-state index is 13.5. The van der Waals surface area contributed by atoms with Gasteiger partial charge in [0.2, 0.25) is 0 Å². The number of halogens is 4. The number of hydrogen-bond donors (Lipinski definition) is 1. The Bertz CT molecular complexity index is 903. The lowest BCUT2D eigenvalue weighted by molar-refractivity contribution is -0.137. The van der Waals surface area contributed by atoms with E-state index >= 15 is 0 Å². The van der Waals surface area contributed by atoms with E-state index in [2.05, 4.69) is 35.2 Å². The molecule has 2 unspecified atom stereocenters. The van der Waals surface area contributed by atoms with Crippen LogP contribution in [-0.4, -0.2) is 43.1 Å². The molecule has 1 saturated heterocycles. The highest BCUT2D eigenvalue weighted by Crippen LogP contribution is 2.45. The summed E-state index contributed by atoms with van der Waals surface area (Å²) in [4.78, 5) is 6.95. The molecule has 4 rings (SSSR count). The molecule has 0 aromatic heterocycles. The Morgan fingerprint density at radius 1 is 1.23 bits per heavy atom. The summed E-state index contributed by atoms with van der Waals surface area (Å²) < 4.78 is 40.5. The SMILES string of the molecule is CCC1C=C2C(N3CCNCC3)=Nc3cc(Cl)c(C(F)(F)F)cc3N2N=CCC1C. The summed E-state index contributed by atoms with van der Waals surface area (Å²) in [5, 5.41) is 9.15. The first-order valence-corrected chi connectivity index (χ1v) is 10.7. The molecule has 1 aromatic carbocycles. The highest BCUT2D eigenvalue weighted by atomic mass is 35.5. The molecular formula is C21H25ClF3N5. The molecule has 30 heavy (non-hydrogen) atoms. The topological polar surface area (TPSA) is 43.2 Å². The minimum absolute atomic E-state index is 0.276. The van der Waals surface area contributed by atoms with Gasteiger partial charge in [-0.3, -0.25) is 0 Å². The molecule has 3 aliphatic rings. The molecule has 1 N–H and O–H groups in total. The molecule has 2 atom stereocenters. The number of amidine groups is 1. The molecule has 0 saturated carbocycles. The molecule has 0 aliphatic carbocycles. The normalized spacial score (nSPS) is 24.5. The van der Waals surface area contributed by atoms with Gasteiger partial charge in [0, 0.05) is 32.4 Å². The Balaban J connectivity index is 1.91. The molecule has 0 amide bonds. The third-order valence-electron chi connectivity index (χ3n) is 5.95. The zero-order valence-electron chi connectivity index (χ0n) is 17.0. The molecule has 1 aromatic rings. The van der Waals surface area contributed by atoms with Crippen LogP contribution in [0.25, 0.3) is 0 Å². The fourth-order valence-electron chi connectivity index (χ4n) is 4.16. The maximum Gasteiger partial charge on any atom is 0.417 e. The second-order valence-corrected chi connectivity index (χ2v) is 8.35. The Morgan fingerprint density at radius 2 is 1.97 bits per heavy atom. The number of allylic oxidation sites excluding steroid dienone is 1. The predicted octanol–water partition coefficient (Wildman–Crippen LogP) is 5.05. The summed E-state index contributed by atoms with van der Waals surface area (Å²) in [6.45, 7) is 7.48. The minimum Gasteiger partial charge on any atom is -0.352 e. The van der Waals surface area contributed by atoms with E-state index in [9.17, 15) is 13.2 Å². The molecule has 3 heterocycles. The monoisotopic (exact) mass is 439 g/mol. The van der Waals surface area contributed by atoms with E-state index in [4.69, 9.17) is 16.6 Å². The number of anilines is 1. The van der Waals surface area contributed by atoms with Gasteiger partial charge in [-0.25, -0.2) is 10.0 Å². The minimum atomic E-state index is -4.55. The standard InChI is InChI=1S/C21H25ClF3N5/c1-3-14-10-19-20(29-8-6-26-7-9-29)28-17-12-16(22)15(21(23,24)25)11-18(17)30(19)27-5-4-13(14)2/h5,10-14,26H,3-4,6-9H2,1-2H3. The number of hydrazone groups is 1. The van der Waals surface area contributed by atoms with Crippen molar-refractivity contribution in [3.63, 3.8) is 0 Å². The van der Waals surface area contributed by atoms with Gasteiger partial charge in [0.05, 0.1) is 22.0 Å². The van der Waals surface area contributed by atoms with Gasteiger partial charge in [-0.2, -0.15) is 18.3 Å². The van der Waals surface area contributed by atoms with Crippen molar-refractivity contribution in [3.8, 4) is 0 Å². The van der Waals surface area contributed by atoms with Crippen LogP contribution in [0.1, 0.15) is 32.3 Å². The number of nitrogens with one attached hydrogen (secondary N) is 1. The zero-order valence-corrected chi connectivity index (χ0v) is 17.8. The van der Waals surface area contributed by atoms with Crippen LogP contribution in [0.3, 0.4) is 0 Å². The van der Waals surface area contributed by atoms with Crippen LogP contribution in [0.2, 0.25) is 5.02 Å². The fraction of sp³-hybridized carbons (Fsp3) is 0.524. The quantitative estimate of drug-likeness (QED) is 0.666. The van der Waals surface area contributed by atoms with Crippen molar-refractivity contribution >= 4 is 35.0 Å². The summed E-state index contributed by atoms with van der Waals surface area (Å²) >= 11 is 5.99. The van der Waals surface area contributed by atoms with Gasteiger partial charge in [0.25, 0.3) is 0 Å². The number of alkyl halides is 3. The van der Waals surface area contributed by atoms with E-state index in [-0.39, 0.29) is 10.9 Å². The van der Waals surface area contributed by atoms with E-state index < -0.39 is 11.7 Å². The molecule has 1 fully saturated rings. The summed E-state index contributed by atoms with van der Waals surface area (Å²) in [6, 6.07) is 2.36. The van der Waals surface area contributed by atoms with Crippen molar-refractivity contribution < 1.29 is 13.2 Å². The van der Waals surface area contributed by atoms with E-state index in [1.54, 1.807) is 11.2 Å². The maximum absolute atomic E-state index is 13.5. The van der Waals surface area contributed by atoms with Crippen molar-refractivity contribution in [2.24, 2.45) is 21.9 Å². The van der Waals surface area contributed by atoms with Gasteiger partial charge in [-0.05, 0) is 36.8 Å².